The van der Waals surface area contributed by atoms with Crippen LogP contribution < -0.4 is 10.9 Å². The van der Waals surface area contributed by atoms with E-state index in [1.165, 1.54) is 12.8 Å². The second-order valence-electron chi connectivity index (χ2n) is 8.04. The van der Waals surface area contributed by atoms with Crippen LogP contribution in [0.5, 0.6) is 0 Å². The van der Waals surface area contributed by atoms with Gasteiger partial charge in [0.25, 0.3) is 11.4 Å². The average Bonchev–Trinajstić information content (AvgIpc) is 3.28. The number of hydrogen-bond acceptors (Lipinski definition) is 6. The normalized spacial score (nSPS) is 17.4. The van der Waals surface area contributed by atoms with E-state index in [0.29, 0.717) is 5.41 Å². The molecule has 182 valence electrons. The molecule has 1 spiro atoms. The first-order chi connectivity index (χ1) is 15.3. The summed E-state index contributed by atoms with van der Waals surface area (Å²) in [6, 6.07) is 1.60. The van der Waals surface area contributed by atoms with Gasteiger partial charge in [-0.15, -0.1) is 5.10 Å². The Hall–Kier alpha value is -3.06. The Kier molecular flexibility index (Phi) is 6.75. The molecule has 33 heavy (non-hydrogen) atoms. The minimum Gasteiger partial charge on any atom is -0.403 e. The van der Waals surface area contributed by atoms with Crippen LogP contribution in [0, 0.1) is 5.41 Å². The molecule has 3 heterocycles. The van der Waals surface area contributed by atoms with E-state index in [0.717, 1.165) is 38.1 Å². The van der Waals surface area contributed by atoms with E-state index in [9.17, 15) is 35.9 Å². The lowest BCUT2D eigenvalue weighted by Gasteiger charge is -2.32. The summed E-state index contributed by atoms with van der Waals surface area (Å²) in [7, 11) is 0. The number of aromatic nitrogens is 3. The third-order valence-corrected chi connectivity index (χ3v) is 5.40. The fraction of sp³-hybridized carbons (Fsp3) is 0.579. The predicted octanol–water partition coefficient (Wildman–Crippen LogP) is 3.83. The number of piperidine rings is 1. The summed E-state index contributed by atoms with van der Waals surface area (Å²) >= 11 is 0. The fourth-order valence-corrected chi connectivity index (χ4v) is 3.38. The standard InChI is InChI=1S/C17H18F3N5O3.C2H3F3/c18-17(19,20)11-2-1-10(13(27)22-11)14-23-24-15(28-14)21-9-12(26)25-7-5-16(3-4-16)6-8-25;1-2(3,4)5/h1-2H,3-9H2,(H,21,24)(H,22,27);1H3. The lowest BCUT2D eigenvalue weighted by Crippen LogP contribution is -2.41. The lowest BCUT2D eigenvalue weighted by molar-refractivity contribution is -0.141. The van der Waals surface area contributed by atoms with Crippen LogP contribution in [0.1, 0.15) is 38.3 Å². The average molecular weight is 481 g/mol. The quantitative estimate of drug-likeness (QED) is 0.644. The molecular weight excluding hydrogens is 460 g/mol. The van der Waals surface area contributed by atoms with E-state index in [1.807, 2.05) is 0 Å². The molecule has 1 amide bonds. The third-order valence-electron chi connectivity index (χ3n) is 5.40. The van der Waals surface area contributed by atoms with Gasteiger partial charge in [0.15, 0.2) is 0 Å². The molecule has 2 aliphatic rings. The molecule has 8 nitrogen and oxygen atoms in total. The first kappa shape index (κ1) is 24.6. The number of alkyl halides is 6. The van der Waals surface area contributed by atoms with Gasteiger partial charge in [0.05, 0.1) is 6.54 Å². The van der Waals surface area contributed by atoms with Crippen LogP contribution in [0.3, 0.4) is 0 Å². The summed E-state index contributed by atoms with van der Waals surface area (Å²) in [5, 5.41) is 10.0. The molecule has 1 aliphatic heterocycles. The van der Waals surface area contributed by atoms with Crippen LogP contribution >= 0.6 is 0 Å². The molecule has 1 saturated heterocycles. The van der Waals surface area contributed by atoms with Crippen molar-refractivity contribution in [2.75, 3.05) is 25.0 Å². The molecule has 1 saturated carbocycles. The first-order valence-electron chi connectivity index (χ1n) is 9.99. The highest BCUT2D eigenvalue weighted by molar-refractivity contribution is 5.80. The van der Waals surface area contributed by atoms with Gasteiger partial charge in [-0.05, 0) is 43.2 Å². The van der Waals surface area contributed by atoms with Gasteiger partial charge in [-0.1, -0.05) is 5.10 Å². The molecule has 0 bridgehead atoms. The highest BCUT2D eigenvalue weighted by Gasteiger charge is 2.45. The number of pyridine rings is 1. The smallest absolute Gasteiger partial charge is 0.403 e. The maximum atomic E-state index is 12.6. The number of H-pyrrole nitrogens is 1. The van der Waals surface area contributed by atoms with E-state index in [2.05, 4.69) is 15.5 Å². The molecule has 2 aromatic heterocycles. The van der Waals surface area contributed by atoms with Crippen LogP contribution in [0.15, 0.2) is 21.3 Å². The highest BCUT2D eigenvalue weighted by atomic mass is 19.4. The number of halogens is 6. The second kappa shape index (κ2) is 9.06. The van der Waals surface area contributed by atoms with E-state index < -0.39 is 23.6 Å². The molecule has 0 atom stereocenters. The van der Waals surface area contributed by atoms with E-state index >= 15 is 0 Å². The van der Waals surface area contributed by atoms with Gasteiger partial charge in [-0.25, -0.2) is 0 Å². The summed E-state index contributed by atoms with van der Waals surface area (Å²) in [6.07, 6.45) is -4.10. The predicted molar refractivity (Wildman–Crippen MR) is 103 cm³/mol. The Balaban J connectivity index is 0.000000555. The zero-order valence-electron chi connectivity index (χ0n) is 17.4. The van der Waals surface area contributed by atoms with Gasteiger partial charge in [0, 0.05) is 20.0 Å². The topological polar surface area (TPSA) is 104 Å². The van der Waals surface area contributed by atoms with Crippen molar-refractivity contribution in [3.63, 3.8) is 0 Å². The molecule has 0 radical (unpaired) electrons. The van der Waals surface area contributed by atoms with Gasteiger partial charge in [0.2, 0.25) is 5.91 Å². The van der Waals surface area contributed by atoms with Gasteiger partial charge in [-0.2, -0.15) is 26.3 Å². The van der Waals surface area contributed by atoms with Gasteiger partial charge >= 0.3 is 18.4 Å². The van der Waals surface area contributed by atoms with Gasteiger partial charge < -0.3 is 19.6 Å². The zero-order valence-corrected chi connectivity index (χ0v) is 17.4. The van der Waals surface area contributed by atoms with E-state index in [-0.39, 0.29) is 36.8 Å². The molecule has 1 aliphatic carbocycles. The molecule has 0 aromatic carbocycles. The van der Waals surface area contributed by atoms with Crippen LogP contribution in [0.4, 0.5) is 32.4 Å². The Morgan fingerprint density at radius 2 is 1.73 bits per heavy atom. The summed E-state index contributed by atoms with van der Waals surface area (Å²) in [5.74, 6) is -0.332. The van der Waals surface area contributed by atoms with Crippen molar-refractivity contribution in [2.24, 2.45) is 5.41 Å². The van der Waals surface area contributed by atoms with Crippen LogP contribution in [-0.2, 0) is 11.0 Å². The molecule has 2 N–H and O–H groups in total. The summed E-state index contributed by atoms with van der Waals surface area (Å²) in [5.41, 5.74) is -1.88. The maximum absolute atomic E-state index is 12.6. The van der Waals surface area contributed by atoms with Crippen molar-refractivity contribution in [1.82, 2.24) is 20.1 Å². The Morgan fingerprint density at radius 3 is 2.24 bits per heavy atom. The largest absolute Gasteiger partial charge is 0.431 e. The first-order valence-corrected chi connectivity index (χ1v) is 9.99. The number of nitrogens with zero attached hydrogens (tertiary/aromatic N) is 3. The van der Waals surface area contributed by atoms with E-state index in [4.69, 9.17) is 4.42 Å². The highest BCUT2D eigenvalue weighted by Crippen LogP contribution is 2.53. The van der Waals surface area contributed by atoms with Crippen LogP contribution in [-0.4, -0.2) is 51.8 Å². The Labute approximate surface area is 183 Å². The number of rotatable bonds is 4. The molecule has 14 heteroatoms. The zero-order chi connectivity index (χ0) is 24.4. The van der Waals surface area contributed by atoms with E-state index in [1.54, 1.807) is 9.88 Å². The minimum absolute atomic E-state index is 0.0436. The lowest BCUT2D eigenvalue weighted by atomic mass is 9.94. The third kappa shape index (κ3) is 6.96. The number of anilines is 1. The number of aromatic amines is 1. The van der Waals surface area contributed by atoms with Crippen molar-refractivity contribution in [1.29, 1.82) is 0 Å². The summed E-state index contributed by atoms with van der Waals surface area (Å²) in [4.78, 5) is 27.7. The summed E-state index contributed by atoms with van der Waals surface area (Å²) in [6.45, 7) is 1.61. The fourth-order valence-electron chi connectivity index (χ4n) is 3.38. The Morgan fingerprint density at radius 1 is 1.12 bits per heavy atom. The van der Waals surface area contributed by atoms with Crippen LogP contribution in [0.2, 0.25) is 0 Å². The van der Waals surface area contributed by atoms with Crippen molar-refractivity contribution < 1.29 is 35.6 Å². The van der Waals surface area contributed by atoms with Crippen molar-refractivity contribution >= 4 is 11.9 Å². The minimum atomic E-state index is -4.66. The molecular formula is C19H21F6N5O3. The summed E-state index contributed by atoms with van der Waals surface area (Å²) < 4.78 is 74.2. The Bertz CT molecular complexity index is 1030. The number of nitrogens with one attached hydrogen (secondary N) is 2. The van der Waals surface area contributed by atoms with Gasteiger partial charge in [0.1, 0.15) is 11.3 Å². The number of amides is 1. The molecule has 4 rings (SSSR count). The number of carbonyl (C=O) groups excluding carboxylic acids is 1. The number of hydrogen-bond donors (Lipinski definition) is 2. The number of carbonyl (C=O) groups is 1. The van der Waals surface area contributed by atoms with Gasteiger partial charge in [-0.3, -0.25) is 9.59 Å². The van der Waals surface area contributed by atoms with Crippen LogP contribution in [0.25, 0.3) is 11.5 Å². The second-order valence-corrected chi connectivity index (χ2v) is 8.04. The number of likely N-dealkylation sites (tertiary alicyclic amines) is 1. The SMILES string of the molecule is CC(F)(F)F.O=C(CNc1nnc(-c2ccc(C(F)(F)F)[nH]c2=O)o1)N1CCC2(CC1)CC2. The van der Waals surface area contributed by atoms with Crippen molar-refractivity contribution in [3.05, 3.63) is 28.2 Å². The molecule has 2 fully saturated rings. The molecule has 0 unspecified atom stereocenters. The van der Waals surface area contributed by atoms with Crippen molar-refractivity contribution in [3.8, 4) is 11.5 Å². The van der Waals surface area contributed by atoms with Crippen molar-refractivity contribution in [2.45, 2.75) is 45.0 Å². The monoisotopic (exact) mass is 481 g/mol. The maximum Gasteiger partial charge on any atom is 0.431 e. The molecule has 2 aromatic rings.